The molecule has 0 aliphatic carbocycles. The van der Waals surface area contributed by atoms with Crippen molar-refractivity contribution in [2.45, 2.75) is 6.92 Å². The third-order valence-corrected chi connectivity index (χ3v) is 2.22. The number of anilines is 1. The number of hydrogen-bond acceptors (Lipinski definition) is 4. The maximum absolute atomic E-state index is 10.9. The first kappa shape index (κ1) is 12.5. The standard InChI is InChI=1S/C10H9NO6/c1-3-2-4(8(12)13)7(11)6(10(16)17)5(3)9(14)15/h2H,11H2,1H3,(H,12,13)(H,14,15)(H,16,17). The highest BCUT2D eigenvalue weighted by molar-refractivity contribution is 6.10. The van der Waals surface area contributed by atoms with E-state index < -0.39 is 40.3 Å². The van der Waals surface area contributed by atoms with Gasteiger partial charge in [-0.3, -0.25) is 0 Å². The molecule has 0 aliphatic rings. The number of aromatic carboxylic acids is 3. The number of benzene rings is 1. The Morgan fingerprint density at radius 3 is 1.82 bits per heavy atom. The smallest absolute Gasteiger partial charge is 0.338 e. The molecule has 1 aromatic rings. The number of aryl methyl sites for hydroxylation is 1. The van der Waals surface area contributed by atoms with Gasteiger partial charge < -0.3 is 21.1 Å². The van der Waals surface area contributed by atoms with Crippen molar-refractivity contribution in [2.24, 2.45) is 0 Å². The second-order valence-corrected chi connectivity index (χ2v) is 3.32. The minimum atomic E-state index is -1.58. The van der Waals surface area contributed by atoms with E-state index in [0.717, 1.165) is 6.07 Å². The highest BCUT2D eigenvalue weighted by Gasteiger charge is 2.26. The molecule has 7 heteroatoms. The van der Waals surface area contributed by atoms with E-state index in [4.69, 9.17) is 21.1 Å². The molecule has 0 unspecified atom stereocenters. The van der Waals surface area contributed by atoms with Crippen molar-refractivity contribution in [3.05, 3.63) is 28.3 Å². The molecule has 0 atom stereocenters. The van der Waals surface area contributed by atoms with E-state index in [-0.39, 0.29) is 5.56 Å². The number of nitrogen functional groups attached to an aromatic ring is 1. The highest BCUT2D eigenvalue weighted by Crippen LogP contribution is 2.25. The third-order valence-electron chi connectivity index (χ3n) is 2.22. The summed E-state index contributed by atoms with van der Waals surface area (Å²) < 4.78 is 0. The van der Waals surface area contributed by atoms with Crippen LogP contribution in [0.15, 0.2) is 6.07 Å². The van der Waals surface area contributed by atoms with Crippen molar-refractivity contribution < 1.29 is 29.7 Å². The predicted octanol–water partition coefficient (Wildman–Crippen LogP) is 0.672. The zero-order chi connectivity index (χ0) is 13.3. The van der Waals surface area contributed by atoms with Crippen LogP contribution in [0.1, 0.15) is 36.6 Å². The molecule has 0 radical (unpaired) electrons. The van der Waals surface area contributed by atoms with E-state index in [0.29, 0.717) is 0 Å². The lowest BCUT2D eigenvalue weighted by atomic mass is 9.96. The van der Waals surface area contributed by atoms with Gasteiger partial charge in [0.05, 0.1) is 22.4 Å². The maximum Gasteiger partial charge on any atom is 0.338 e. The van der Waals surface area contributed by atoms with E-state index in [1.165, 1.54) is 6.92 Å². The summed E-state index contributed by atoms with van der Waals surface area (Å²) in [6, 6.07) is 1.04. The molecule has 0 aromatic heterocycles. The number of carboxylic acid groups (broad SMARTS) is 3. The largest absolute Gasteiger partial charge is 0.478 e. The van der Waals surface area contributed by atoms with Gasteiger partial charge in [-0.25, -0.2) is 14.4 Å². The van der Waals surface area contributed by atoms with Gasteiger partial charge in [-0.2, -0.15) is 0 Å². The number of hydrogen-bond donors (Lipinski definition) is 4. The first-order valence-electron chi connectivity index (χ1n) is 4.40. The van der Waals surface area contributed by atoms with Crippen LogP contribution in [-0.4, -0.2) is 33.2 Å². The summed E-state index contributed by atoms with van der Waals surface area (Å²) in [6.45, 7) is 1.31. The minimum Gasteiger partial charge on any atom is -0.478 e. The van der Waals surface area contributed by atoms with E-state index in [9.17, 15) is 14.4 Å². The quantitative estimate of drug-likeness (QED) is 0.568. The van der Waals surface area contributed by atoms with Crippen LogP contribution in [0.25, 0.3) is 0 Å². The summed E-state index contributed by atoms with van der Waals surface area (Å²) in [5.41, 5.74) is 3.21. The molecule has 0 aliphatic heterocycles. The lowest BCUT2D eigenvalue weighted by Gasteiger charge is -2.11. The molecule has 0 saturated heterocycles. The van der Waals surface area contributed by atoms with Crippen molar-refractivity contribution in [3.8, 4) is 0 Å². The molecular weight excluding hydrogens is 230 g/mol. The number of carboxylic acids is 3. The molecule has 1 aromatic carbocycles. The summed E-state index contributed by atoms with van der Waals surface area (Å²) in [7, 11) is 0. The van der Waals surface area contributed by atoms with Crippen molar-refractivity contribution in [1.82, 2.24) is 0 Å². The molecule has 0 spiro atoms. The third kappa shape index (κ3) is 2.03. The van der Waals surface area contributed by atoms with Crippen molar-refractivity contribution in [3.63, 3.8) is 0 Å². The summed E-state index contributed by atoms with van der Waals surface area (Å²) in [4.78, 5) is 32.7. The van der Waals surface area contributed by atoms with Crippen LogP contribution in [0.4, 0.5) is 5.69 Å². The van der Waals surface area contributed by atoms with Crippen LogP contribution in [0.3, 0.4) is 0 Å². The molecule has 0 bridgehead atoms. The van der Waals surface area contributed by atoms with Crippen LogP contribution >= 0.6 is 0 Å². The molecule has 7 nitrogen and oxygen atoms in total. The summed E-state index contributed by atoms with van der Waals surface area (Å²) >= 11 is 0. The topological polar surface area (TPSA) is 138 Å². The Bertz CT molecular complexity index is 534. The monoisotopic (exact) mass is 239 g/mol. The number of rotatable bonds is 3. The normalized spacial score (nSPS) is 9.94. The predicted molar refractivity (Wildman–Crippen MR) is 56.5 cm³/mol. The molecule has 0 amide bonds. The van der Waals surface area contributed by atoms with Crippen LogP contribution < -0.4 is 5.73 Å². The molecule has 1 rings (SSSR count). The molecule has 0 heterocycles. The fraction of sp³-hybridized carbons (Fsp3) is 0.100. The second-order valence-electron chi connectivity index (χ2n) is 3.32. The average Bonchev–Trinajstić information content (AvgIpc) is 2.18. The van der Waals surface area contributed by atoms with Gasteiger partial charge in [0.15, 0.2) is 0 Å². The average molecular weight is 239 g/mol. The van der Waals surface area contributed by atoms with Crippen molar-refractivity contribution in [1.29, 1.82) is 0 Å². The van der Waals surface area contributed by atoms with E-state index >= 15 is 0 Å². The van der Waals surface area contributed by atoms with Crippen LogP contribution in [0, 0.1) is 6.92 Å². The fourth-order valence-corrected chi connectivity index (χ4v) is 1.51. The van der Waals surface area contributed by atoms with E-state index in [1.807, 2.05) is 0 Å². The van der Waals surface area contributed by atoms with E-state index in [2.05, 4.69) is 0 Å². The summed E-state index contributed by atoms with van der Waals surface area (Å²) in [6.07, 6.45) is 0. The Hall–Kier alpha value is -2.57. The molecular formula is C10H9NO6. The van der Waals surface area contributed by atoms with Crippen molar-refractivity contribution in [2.75, 3.05) is 5.73 Å². The van der Waals surface area contributed by atoms with Gasteiger partial charge in [0, 0.05) is 0 Å². The zero-order valence-electron chi connectivity index (χ0n) is 8.72. The van der Waals surface area contributed by atoms with Crippen LogP contribution in [-0.2, 0) is 0 Å². The summed E-state index contributed by atoms with van der Waals surface area (Å²) in [5, 5.41) is 26.6. The highest BCUT2D eigenvalue weighted by atomic mass is 16.4. The lowest BCUT2D eigenvalue weighted by molar-refractivity contribution is 0.0649. The number of carbonyl (C=O) groups is 3. The second kappa shape index (κ2) is 4.12. The fourth-order valence-electron chi connectivity index (χ4n) is 1.51. The molecule has 5 N–H and O–H groups in total. The minimum absolute atomic E-state index is 0.0292. The van der Waals surface area contributed by atoms with Crippen LogP contribution in [0.2, 0.25) is 0 Å². The van der Waals surface area contributed by atoms with Gasteiger partial charge >= 0.3 is 17.9 Å². The van der Waals surface area contributed by atoms with Crippen LogP contribution in [0.5, 0.6) is 0 Å². The Morgan fingerprint density at radius 1 is 1.00 bits per heavy atom. The molecule has 17 heavy (non-hydrogen) atoms. The Balaban J connectivity index is 3.78. The lowest BCUT2D eigenvalue weighted by Crippen LogP contribution is -2.16. The number of nitrogens with two attached hydrogens (primary N) is 1. The van der Waals surface area contributed by atoms with Gasteiger partial charge in [0.2, 0.25) is 0 Å². The van der Waals surface area contributed by atoms with Gasteiger partial charge in [-0.05, 0) is 18.6 Å². The molecule has 0 fully saturated rings. The van der Waals surface area contributed by atoms with Gasteiger partial charge in [-0.15, -0.1) is 0 Å². The molecule has 90 valence electrons. The summed E-state index contributed by atoms with van der Waals surface area (Å²) in [5.74, 6) is -4.46. The Kier molecular flexibility index (Phi) is 3.03. The first-order valence-corrected chi connectivity index (χ1v) is 4.40. The zero-order valence-corrected chi connectivity index (χ0v) is 8.72. The van der Waals surface area contributed by atoms with Gasteiger partial charge in [-0.1, -0.05) is 0 Å². The first-order chi connectivity index (χ1) is 7.77. The molecule has 0 saturated carbocycles. The maximum atomic E-state index is 10.9. The van der Waals surface area contributed by atoms with Gasteiger partial charge in [0.1, 0.15) is 0 Å². The SMILES string of the molecule is Cc1cc(C(=O)O)c(N)c(C(=O)O)c1C(=O)O. The van der Waals surface area contributed by atoms with Crippen molar-refractivity contribution >= 4 is 23.6 Å². The Morgan fingerprint density at radius 2 is 1.47 bits per heavy atom. The Labute approximate surface area is 95.1 Å². The van der Waals surface area contributed by atoms with E-state index in [1.54, 1.807) is 0 Å². The van der Waals surface area contributed by atoms with Gasteiger partial charge in [0.25, 0.3) is 0 Å².